The zero-order valence-electron chi connectivity index (χ0n) is 9.88. The average Bonchev–Trinajstić information content (AvgIpc) is 2.36. The van der Waals surface area contributed by atoms with Crippen LogP contribution >= 0.6 is 15.9 Å². The van der Waals surface area contributed by atoms with Crippen molar-refractivity contribution in [3.05, 3.63) is 57.6 Å². The topological polar surface area (TPSA) is 37.3 Å². The molecular formula is C14H9BrF2O2. The molecule has 0 fully saturated rings. The van der Waals surface area contributed by atoms with Crippen molar-refractivity contribution in [2.75, 3.05) is 0 Å². The van der Waals surface area contributed by atoms with Crippen LogP contribution in [0.4, 0.5) is 8.78 Å². The summed E-state index contributed by atoms with van der Waals surface area (Å²) >= 11 is 3.09. The molecule has 0 radical (unpaired) electrons. The summed E-state index contributed by atoms with van der Waals surface area (Å²) in [5.74, 6) is -2.57. The summed E-state index contributed by atoms with van der Waals surface area (Å²) in [4.78, 5) is 11.0. The van der Waals surface area contributed by atoms with E-state index in [1.165, 1.54) is 31.2 Å². The minimum Gasteiger partial charge on any atom is -0.478 e. The van der Waals surface area contributed by atoms with Crippen LogP contribution in [0.5, 0.6) is 0 Å². The molecule has 2 nitrogen and oxygen atoms in total. The molecule has 19 heavy (non-hydrogen) atoms. The second-order valence-corrected chi connectivity index (χ2v) is 4.91. The monoisotopic (exact) mass is 326 g/mol. The van der Waals surface area contributed by atoms with Gasteiger partial charge in [0.05, 0.1) is 11.1 Å². The van der Waals surface area contributed by atoms with Crippen LogP contribution in [-0.2, 0) is 0 Å². The lowest BCUT2D eigenvalue weighted by molar-refractivity contribution is 0.0696. The first-order valence-corrected chi connectivity index (χ1v) is 6.19. The van der Waals surface area contributed by atoms with E-state index in [9.17, 15) is 13.6 Å². The first kappa shape index (κ1) is 13.7. The van der Waals surface area contributed by atoms with Gasteiger partial charge >= 0.3 is 5.97 Å². The molecule has 0 amide bonds. The van der Waals surface area contributed by atoms with Crippen molar-refractivity contribution >= 4 is 21.9 Å². The third kappa shape index (κ3) is 2.51. The Kier molecular flexibility index (Phi) is 3.66. The van der Waals surface area contributed by atoms with Gasteiger partial charge in [0.1, 0.15) is 11.6 Å². The predicted octanol–water partition coefficient (Wildman–Crippen LogP) is 4.40. The fraction of sp³-hybridized carbons (Fsp3) is 0.0714. The standard InChI is InChI=1S/C14H9BrF2O2/c1-7-2-5-11(16)12(13(7)17)8-3-4-10(15)9(6-8)14(18)19/h2-6H,1H3,(H,18,19). The van der Waals surface area contributed by atoms with Gasteiger partial charge in [0.15, 0.2) is 0 Å². The van der Waals surface area contributed by atoms with Crippen molar-refractivity contribution in [3.8, 4) is 11.1 Å². The third-order valence-corrected chi connectivity index (χ3v) is 3.46. The number of halogens is 3. The molecule has 0 aliphatic rings. The van der Waals surface area contributed by atoms with Crippen LogP contribution in [0.2, 0.25) is 0 Å². The number of hydrogen-bond acceptors (Lipinski definition) is 1. The fourth-order valence-electron chi connectivity index (χ4n) is 1.77. The van der Waals surface area contributed by atoms with Crippen LogP contribution in [0.15, 0.2) is 34.8 Å². The van der Waals surface area contributed by atoms with E-state index in [4.69, 9.17) is 5.11 Å². The SMILES string of the molecule is Cc1ccc(F)c(-c2ccc(Br)c(C(=O)O)c2)c1F. The molecule has 2 rings (SSSR count). The zero-order valence-corrected chi connectivity index (χ0v) is 11.5. The van der Waals surface area contributed by atoms with Crippen LogP contribution in [0, 0.1) is 18.6 Å². The summed E-state index contributed by atoms with van der Waals surface area (Å²) < 4.78 is 28.1. The molecule has 0 spiro atoms. The third-order valence-electron chi connectivity index (χ3n) is 2.77. The number of carboxylic acid groups (broad SMARTS) is 1. The molecule has 0 bridgehead atoms. The summed E-state index contributed by atoms with van der Waals surface area (Å²) in [6, 6.07) is 6.67. The van der Waals surface area contributed by atoms with E-state index in [0.717, 1.165) is 6.07 Å². The minimum atomic E-state index is -1.16. The van der Waals surface area contributed by atoms with Crippen LogP contribution in [0.3, 0.4) is 0 Å². The largest absolute Gasteiger partial charge is 0.478 e. The van der Waals surface area contributed by atoms with Gasteiger partial charge < -0.3 is 5.11 Å². The number of carbonyl (C=O) groups is 1. The number of carboxylic acids is 1. The maximum atomic E-state index is 14.0. The lowest BCUT2D eigenvalue weighted by Crippen LogP contribution is -2.00. The second-order valence-electron chi connectivity index (χ2n) is 4.05. The van der Waals surface area contributed by atoms with E-state index in [1.54, 1.807) is 0 Å². The Bertz CT molecular complexity index is 669. The number of hydrogen-bond donors (Lipinski definition) is 1. The summed E-state index contributed by atoms with van der Waals surface area (Å²) in [5, 5.41) is 9.01. The summed E-state index contributed by atoms with van der Waals surface area (Å²) in [7, 11) is 0. The van der Waals surface area contributed by atoms with Gasteiger partial charge in [-0.25, -0.2) is 13.6 Å². The lowest BCUT2D eigenvalue weighted by atomic mass is 10.00. The van der Waals surface area contributed by atoms with Crippen molar-refractivity contribution in [2.45, 2.75) is 6.92 Å². The molecule has 1 N–H and O–H groups in total. The van der Waals surface area contributed by atoms with Gasteiger partial charge in [-0.2, -0.15) is 0 Å². The van der Waals surface area contributed by atoms with Gasteiger partial charge in [0.2, 0.25) is 0 Å². The van der Waals surface area contributed by atoms with Gasteiger partial charge in [-0.3, -0.25) is 0 Å². The second kappa shape index (κ2) is 5.09. The molecule has 98 valence electrons. The first-order chi connectivity index (χ1) is 8.91. The van der Waals surface area contributed by atoms with E-state index in [2.05, 4.69) is 15.9 Å². The van der Waals surface area contributed by atoms with Gasteiger partial charge in [0, 0.05) is 4.47 Å². The van der Waals surface area contributed by atoms with Crippen molar-refractivity contribution in [2.24, 2.45) is 0 Å². The minimum absolute atomic E-state index is 0.0437. The highest BCUT2D eigenvalue weighted by atomic mass is 79.9. The quantitative estimate of drug-likeness (QED) is 0.888. The molecule has 0 saturated carbocycles. The van der Waals surface area contributed by atoms with Gasteiger partial charge in [-0.15, -0.1) is 0 Å². The molecule has 0 aliphatic carbocycles. The van der Waals surface area contributed by atoms with Gasteiger partial charge in [0.25, 0.3) is 0 Å². The summed E-state index contributed by atoms with van der Waals surface area (Å²) in [6.07, 6.45) is 0. The molecule has 0 unspecified atom stereocenters. The molecular weight excluding hydrogens is 318 g/mol. The van der Waals surface area contributed by atoms with Crippen molar-refractivity contribution in [1.82, 2.24) is 0 Å². The Morgan fingerprint density at radius 1 is 1.21 bits per heavy atom. The normalized spacial score (nSPS) is 10.5. The highest BCUT2D eigenvalue weighted by molar-refractivity contribution is 9.10. The fourth-order valence-corrected chi connectivity index (χ4v) is 2.18. The van der Waals surface area contributed by atoms with E-state index in [-0.39, 0.29) is 16.7 Å². The molecule has 0 aromatic heterocycles. The maximum absolute atomic E-state index is 14.0. The highest BCUT2D eigenvalue weighted by Crippen LogP contribution is 2.30. The molecule has 0 saturated heterocycles. The van der Waals surface area contributed by atoms with E-state index >= 15 is 0 Å². The highest BCUT2D eigenvalue weighted by Gasteiger charge is 2.16. The Morgan fingerprint density at radius 3 is 2.53 bits per heavy atom. The number of rotatable bonds is 2. The molecule has 0 heterocycles. The number of benzene rings is 2. The van der Waals surface area contributed by atoms with Gasteiger partial charge in [-0.1, -0.05) is 12.1 Å². The Morgan fingerprint density at radius 2 is 1.89 bits per heavy atom. The lowest BCUT2D eigenvalue weighted by Gasteiger charge is -2.09. The first-order valence-electron chi connectivity index (χ1n) is 5.39. The van der Waals surface area contributed by atoms with Crippen molar-refractivity contribution in [3.63, 3.8) is 0 Å². The van der Waals surface area contributed by atoms with Crippen LogP contribution in [0.1, 0.15) is 15.9 Å². The van der Waals surface area contributed by atoms with Crippen LogP contribution in [-0.4, -0.2) is 11.1 Å². The van der Waals surface area contributed by atoms with E-state index in [0.29, 0.717) is 10.0 Å². The smallest absolute Gasteiger partial charge is 0.336 e. The Balaban J connectivity index is 2.70. The number of aryl methyl sites for hydroxylation is 1. The Labute approximate surface area is 116 Å². The van der Waals surface area contributed by atoms with E-state index < -0.39 is 17.6 Å². The molecule has 0 aliphatic heterocycles. The number of aromatic carboxylic acids is 1. The molecule has 0 atom stereocenters. The maximum Gasteiger partial charge on any atom is 0.336 e. The molecule has 2 aromatic carbocycles. The predicted molar refractivity (Wildman–Crippen MR) is 71.2 cm³/mol. The van der Waals surface area contributed by atoms with E-state index in [1.807, 2.05) is 0 Å². The van der Waals surface area contributed by atoms with Crippen LogP contribution < -0.4 is 0 Å². The van der Waals surface area contributed by atoms with Crippen molar-refractivity contribution in [1.29, 1.82) is 0 Å². The summed E-state index contributed by atoms with van der Waals surface area (Å²) in [6.45, 7) is 1.52. The average molecular weight is 327 g/mol. The Hall–Kier alpha value is -1.75. The van der Waals surface area contributed by atoms with Crippen molar-refractivity contribution < 1.29 is 18.7 Å². The summed E-state index contributed by atoms with van der Waals surface area (Å²) in [5.41, 5.74) is 0.239. The molecule has 2 aromatic rings. The van der Waals surface area contributed by atoms with Gasteiger partial charge in [-0.05, 0) is 52.2 Å². The zero-order chi connectivity index (χ0) is 14.2. The molecule has 5 heteroatoms. The van der Waals surface area contributed by atoms with Crippen LogP contribution in [0.25, 0.3) is 11.1 Å².